The van der Waals surface area contributed by atoms with E-state index in [1.54, 1.807) is 13.8 Å². The maximum atomic E-state index is 10.4. The van der Waals surface area contributed by atoms with Crippen molar-refractivity contribution in [1.82, 2.24) is 0 Å². The molecule has 4 heteroatoms. The first kappa shape index (κ1) is 11.9. The molecule has 0 bridgehead atoms. The Balaban J connectivity index is 3.11. The van der Waals surface area contributed by atoms with Crippen molar-refractivity contribution in [3.8, 4) is 0 Å². The van der Waals surface area contributed by atoms with Gasteiger partial charge in [-0.3, -0.25) is 0 Å². The molecule has 84 valence electrons. The highest BCUT2D eigenvalue weighted by Crippen LogP contribution is 2.51. The molecule has 4 nitrogen and oxygen atoms in total. The normalized spacial score (nSPS) is 46.9. The smallest absolute Gasteiger partial charge is 0.166 e. The average molecular weight is 204 g/mol. The van der Waals surface area contributed by atoms with E-state index in [1.165, 1.54) is 7.11 Å². The molecule has 2 N–H and O–H groups in total. The molecule has 0 radical (unpaired) electrons. The quantitative estimate of drug-likeness (QED) is 0.688. The SMILES string of the molecule is CO[C@@H]1O[C@](C)(CO)[C@@](C)(O)C1(C)C. The molecule has 1 fully saturated rings. The molecule has 0 aliphatic carbocycles. The van der Waals surface area contributed by atoms with Crippen molar-refractivity contribution in [1.29, 1.82) is 0 Å². The van der Waals surface area contributed by atoms with Gasteiger partial charge >= 0.3 is 0 Å². The van der Waals surface area contributed by atoms with E-state index in [9.17, 15) is 10.2 Å². The summed E-state index contributed by atoms with van der Waals surface area (Å²) in [7, 11) is 1.53. The van der Waals surface area contributed by atoms with Crippen LogP contribution in [0.15, 0.2) is 0 Å². The summed E-state index contributed by atoms with van der Waals surface area (Å²) in [4.78, 5) is 0. The number of hydrogen-bond acceptors (Lipinski definition) is 4. The van der Waals surface area contributed by atoms with Gasteiger partial charge in [-0.1, -0.05) is 13.8 Å². The molecule has 14 heavy (non-hydrogen) atoms. The van der Waals surface area contributed by atoms with Crippen molar-refractivity contribution in [2.75, 3.05) is 13.7 Å². The maximum absolute atomic E-state index is 10.4. The average Bonchev–Trinajstić information content (AvgIpc) is 2.24. The standard InChI is InChI=1S/C10H20O4/c1-8(2)7(13-5)14-9(3,6-11)10(8,4)12/h7,11-12H,6H2,1-5H3/t7-,9-,10+/m1/s1. The van der Waals surface area contributed by atoms with Crippen molar-refractivity contribution in [2.45, 2.75) is 45.2 Å². The van der Waals surface area contributed by atoms with Gasteiger partial charge in [0.25, 0.3) is 0 Å². The molecule has 1 rings (SSSR count). The lowest BCUT2D eigenvalue weighted by Gasteiger charge is -2.40. The zero-order valence-corrected chi connectivity index (χ0v) is 9.50. The topological polar surface area (TPSA) is 58.9 Å². The van der Waals surface area contributed by atoms with Crippen LogP contribution in [0.3, 0.4) is 0 Å². The largest absolute Gasteiger partial charge is 0.393 e. The summed E-state index contributed by atoms with van der Waals surface area (Å²) >= 11 is 0. The van der Waals surface area contributed by atoms with Gasteiger partial charge in [-0.05, 0) is 13.8 Å². The first-order chi connectivity index (χ1) is 6.23. The summed E-state index contributed by atoms with van der Waals surface area (Å²) in [6.45, 7) is 6.85. The molecule has 0 aromatic carbocycles. The number of ether oxygens (including phenoxy) is 2. The van der Waals surface area contributed by atoms with E-state index in [-0.39, 0.29) is 6.61 Å². The molecule has 1 aliphatic heterocycles. The van der Waals surface area contributed by atoms with Crippen LogP contribution >= 0.6 is 0 Å². The minimum atomic E-state index is -1.13. The third kappa shape index (κ3) is 1.21. The monoisotopic (exact) mass is 204 g/mol. The van der Waals surface area contributed by atoms with Crippen LogP contribution in [0, 0.1) is 5.41 Å². The van der Waals surface area contributed by atoms with Crippen LogP contribution in [-0.2, 0) is 9.47 Å². The van der Waals surface area contributed by atoms with Gasteiger partial charge in [0.1, 0.15) is 11.2 Å². The minimum Gasteiger partial charge on any atom is -0.393 e. The van der Waals surface area contributed by atoms with Crippen molar-refractivity contribution in [3.63, 3.8) is 0 Å². The molecule has 0 unspecified atom stereocenters. The molecule has 0 spiro atoms. The van der Waals surface area contributed by atoms with Gasteiger partial charge in [-0.15, -0.1) is 0 Å². The van der Waals surface area contributed by atoms with Crippen molar-refractivity contribution >= 4 is 0 Å². The van der Waals surface area contributed by atoms with Crippen LogP contribution in [-0.4, -0.2) is 41.4 Å². The fourth-order valence-corrected chi connectivity index (χ4v) is 1.94. The number of aliphatic hydroxyl groups is 2. The lowest BCUT2D eigenvalue weighted by molar-refractivity contribution is -0.188. The van der Waals surface area contributed by atoms with E-state index in [2.05, 4.69) is 0 Å². The van der Waals surface area contributed by atoms with Crippen LogP contribution in [0.5, 0.6) is 0 Å². The highest BCUT2D eigenvalue weighted by Gasteiger charge is 2.64. The summed E-state index contributed by atoms with van der Waals surface area (Å²) < 4.78 is 10.7. The van der Waals surface area contributed by atoms with Crippen LogP contribution in [0.2, 0.25) is 0 Å². The number of methoxy groups -OCH3 is 1. The highest BCUT2D eigenvalue weighted by atomic mass is 16.7. The second-order valence-electron chi connectivity index (χ2n) is 4.87. The van der Waals surface area contributed by atoms with E-state index >= 15 is 0 Å². The van der Waals surface area contributed by atoms with Crippen LogP contribution in [0.4, 0.5) is 0 Å². The molecule has 1 saturated heterocycles. The van der Waals surface area contributed by atoms with Crippen molar-refractivity contribution < 1.29 is 19.7 Å². The Labute approximate surface area is 84.8 Å². The third-order valence-electron chi connectivity index (χ3n) is 3.76. The van der Waals surface area contributed by atoms with Crippen LogP contribution < -0.4 is 0 Å². The predicted octanol–water partition coefficient (Wildman–Crippen LogP) is 0.517. The minimum absolute atomic E-state index is 0.233. The Bertz CT molecular complexity index is 217. The summed E-state index contributed by atoms with van der Waals surface area (Å²) in [5, 5.41) is 19.6. The molecule has 0 amide bonds. The molecule has 1 aliphatic rings. The Kier molecular flexibility index (Phi) is 2.69. The lowest BCUT2D eigenvalue weighted by atomic mass is 9.70. The fourth-order valence-electron chi connectivity index (χ4n) is 1.94. The summed E-state index contributed by atoms with van der Waals surface area (Å²) in [5.41, 5.74) is -2.66. The number of rotatable bonds is 2. The van der Waals surface area contributed by atoms with E-state index in [1.807, 2.05) is 13.8 Å². The van der Waals surface area contributed by atoms with Gasteiger partial charge in [0.15, 0.2) is 6.29 Å². The van der Waals surface area contributed by atoms with Crippen molar-refractivity contribution in [3.05, 3.63) is 0 Å². The summed E-state index contributed by atoms with van der Waals surface area (Å²) in [6, 6.07) is 0. The third-order valence-corrected chi connectivity index (χ3v) is 3.76. The molecule has 0 saturated carbocycles. The van der Waals surface area contributed by atoms with Gasteiger partial charge in [0, 0.05) is 12.5 Å². The van der Waals surface area contributed by atoms with Crippen LogP contribution in [0.25, 0.3) is 0 Å². The van der Waals surface area contributed by atoms with E-state index in [0.29, 0.717) is 0 Å². The van der Waals surface area contributed by atoms with Gasteiger partial charge in [-0.25, -0.2) is 0 Å². The van der Waals surface area contributed by atoms with E-state index in [0.717, 1.165) is 0 Å². The van der Waals surface area contributed by atoms with E-state index < -0.39 is 22.9 Å². The Morgan fingerprint density at radius 1 is 1.29 bits per heavy atom. The molecule has 0 aromatic rings. The summed E-state index contributed by atoms with van der Waals surface area (Å²) in [6.07, 6.45) is -0.505. The second-order valence-corrected chi connectivity index (χ2v) is 4.87. The first-order valence-electron chi connectivity index (χ1n) is 4.77. The molecule has 0 aromatic heterocycles. The van der Waals surface area contributed by atoms with Gasteiger partial charge in [-0.2, -0.15) is 0 Å². The Morgan fingerprint density at radius 3 is 2.00 bits per heavy atom. The molecule has 3 atom stereocenters. The fraction of sp³-hybridized carbons (Fsp3) is 1.00. The van der Waals surface area contributed by atoms with E-state index in [4.69, 9.17) is 9.47 Å². The van der Waals surface area contributed by atoms with Gasteiger partial charge < -0.3 is 19.7 Å². The number of hydrogen-bond donors (Lipinski definition) is 2. The van der Waals surface area contributed by atoms with Crippen molar-refractivity contribution in [2.24, 2.45) is 5.41 Å². The molecular formula is C10H20O4. The predicted molar refractivity (Wildman–Crippen MR) is 51.8 cm³/mol. The number of aliphatic hydroxyl groups excluding tert-OH is 1. The van der Waals surface area contributed by atoms with Gasteiger partial charge in [0.2, 0.25) is 0 Å². The maximum Gasteiger partial charge on any atom is 0.166 e. The Morgan fingerprint density at radius 2 is 1.79 bits per heavy atom. The molecular weight excluding hydrogens is 184 g/mol. The zero-order valence-electron chi connectivity index (χ0n) is 9.50. The van der Waals surface area contributed by atoms with Gasteiger partial charge in [0.05, 0.1) is 6.61 Å². The lowest BCUT2D eigenvalue weighted by Crippen LogP contribution is -2.55. The van der Waals surface area contributed by atoms with Crippen LogP contribution in [0.1, 0.15) is 27.7 Å². The second kappa shape index (κ2) is 3.17. The summed E-state index contributed by atoms with van der Waals surface area (Å²) in [5.74, 6) is 0. The Hall–Kier alpha value is -0.160. The highest BCUT2D eigenvalue weighted by molar-refractivity contribution is 5.10. The first-order valence-corrected chi connectivity index (χ1v) is 4.77. The zero-order chi connectivity index (χ0) is 11.2. The molecule has 1 heterocycles.